The number of benzene rings is 8. The van der Waals surface area contributed by atoms with Crippen LogP contribution in [0.4, 0.5) is 34.1 Å². The average Bonchev–Trinajstić information content (AvgIpc) is 3.85. The van der Waals surface area contributed by atoms with Gasteiger partial charge in [-0.05, 0) is 113 Å². The van der Waals surface area contributed by atoms with Crippen molar-refractivity contribution in [1.29, 1.82) is 0 Å². The molecule has 8 aromatic carbocycles. The number of nitrogens with zero attached hydrogens (tertiary/aromatic N) is 2. The Balaban J connectivity index is 1.13. The molecule has 282 valence electrons. The van der Waals surface area contributed by atoms with E-state index in [1.165, 1.54) is 68.6 Å². The molecule has 2 heterocycles. The van der Waals surface area contributed by atoms with Gasteiger partial charge in [-0.25, -0.2) is 0 Å². The number of hydrogen-bond acceptors (Lipinski definition) is 4. The van der Waals surface area contributed by atoms with E-state index in [2.05, 4.69) is 224 Å². The van der Waals surface area contributed by atoms with Gasteiger partial charge in [0.1, 0.15) is 0 Å². The van der Waals surface area contributed by atoms with Crippen molar-refractivity contribution in [3.8, 4) is 22.3 Å². The van der Waals surface area contributed by atoms with Crippen molar-refractivity contribution >= 4 is 93.1 Å². The zero-order valence-corrected chi connectivity index (χ0v) is 34.3. The Morgan fingerprint density at radius 3 is 1.66 bits per heavy atom. The minimum Gasteiger partial charge on any atom is -0.311 e. The molecule has 10 aromatic rings. The fourth-order valence-corrected chi connectivity index (χ4v) is 10.7. The average molecular weight is 793 g/mol. The smallest absolute Gasteiger partial charge is 0.0640 e. The summed E-state index contributed by atoms with van der Waals surface area (Å²) in [4.78, 5) is 6.04. The third-order valence-corrected chi connectivity index (χ3v) is 13.5. The number of hydrogen-bond donors (Lipinski definition) is 0. The molecular weight excluding hydrogens is 753 g/mol. The van der Waals surface area contributed by atoms with Gasteiger partial charge in [0.15, 0.2) is 0 Å². The van der Waals surface area contributed by atoms with Crippen molar-refractivity contribution in [1.82, 2.24) is 0 Å². The molecule has 0 fully saturated rings. The summed E-state index contributed by atoms with van der Waals surface area (Å²) >= 11 is 3.72. The van der Waals surface area contributed by atoms with Gasteiger partial charge in [0, 0.05) is 47.8 Å². The molecular formula is C55H40N2S2. The van der Waals surface area contributed by atoms with Gasteiger partial charge in [-0.2, -0.15) is 0 Å². The first-order valence-electron chi connectivity index (χ1n) is 19.9. The van der Waals surface area contributed by atoms with Crippen molar-refractivity contribution < 1.29 is 0 Å². The number of aryl methyl sites for hydroxylation is 1. The molecule has 10 rings (SSSR count). The SMILES string of the molecule is C=C/C=C\c1sc2c(N(c3ccc(-c4ccccc4)cc3)c3cccc4sc5c(-c6ccc(N(c7ccccc7)c7ccccc7)cc6)cccc5c34)cccc2c1C. The van der Waals surface area contributed by atoms with Gasteiger partial charge in [0.05, 0.1) is 16.1 Å². The molecule has 2 nitrogen and oxygen atoms in total. The number of para-hydroxylation sites is 2. The van der Waals surface area contributed by atoms with Gasteiger partial charge in [0.25, 0.3) is 0 Å². The Labute approximate surface area is 353 Å². The fraction of sp³-hybridized carbons (Fsp3) is 0.0182. The normalized spacial score (nSPS) is 11.5. The van der Waals surface area contributed by atoms with Crippen LogP contribution >= 0.6 is 22.7 Å². The maximum Gasteiger partial charge on any atom is 0.0640 e. The van der Waals surface area contributed by atoms with E-state index >= 15 is 0 Å². The Morgan fingerprint density at radius 1 is 0.441 bits per heavy atom. The molecule has 0 saturated carbocycles. The Bertz CT molecular complexity index is 3070. The van der Waals surface area contributed by atoms with Crippen LogP contribution in [0.15, 0.2) is 213 Å². The first kappa shape index (κ1) is 36.4. The van der Waals surface area contributed by atoms with Crippen molar-refractivity contribution in [3.63, 3.8) is 0 Å². The minimum absolute atomic E-state index is 1.12. The van der Waals surface area contributed by atoms with Crippen molar-refractivity contribution in [2.24, 2.45) is 0 Å². The maximum absolute atomic E-state index is 3.93. The van der Waals surface area contributed by atoms with Gasteiger partial charge in [-0.15, -0.1) is 22.7 Å². The van der Waals surface area contributed by atoms with E-state index in [4.69, 9.17) is 0 Å². The first-order valence-corrected chi connectivity index (χ1v) is 21.5. The van der Waals surface area contributed by atoms with Crippen LogP contribution in [0.1, 0.15) is 10.4 Å². The quantitative estimate of drug-likeness (QED) is 0.127. The number of allylic oxidation sites excluding steroid dienone is 2. The fourth-order valence-electron chi connectivity index (χ4n) is 8.21. The molecule has 0 saturated heterocycles. The summed E-state index contributed by atoms with van der Waals surface area (Å²) in [7, 11) is 0. The molecule has 0 N–H and O–H groups in total. The van der Waals surface area contributed by atoms with E-state index < -0.39 is 0 Å². The van der Waals surface area contributed by atoms with Crippen molar-refractivity contribution in [2.45, 2.75) is 6.92 Å². The number of anilines is 6. The van der Waals surface area contributed by atoms with E-state index in [0.29, 0.717) is 0 Å². The van der Waals surface area contributed by atoms with Gasteiger partial charge >= 0.3 is 0 Å². The summed E-state index contributed by atoms with van der Waals surface area (Å²) in [5, 5.41) is 3.79. The predicted molar refractivity (Wildman–Crippen MR) is 259 cm³/mol. The van der Waals surface area contributed by atoms with Crippen LogP contribution < -0.4 is 9.80 Å². The van der Waals surface area contributed by atoms with Crippen LogP contribution in [0.25, 0.3) is 58.6 Å². The lowest BCUT2D eigenvalue weighted by Gasteiger charge is -2.27. The minimum atomic E-state index is 1.12. The third kappa shape index (κ3) is 6.72. The van der Waals surface area contributed by atoms with E-state index in [-0.39, 0.29) is 0 Å². The van der Waals surface area contributed by atoms with Gasteiger partial charge in [-0.3, -0.25) is 0 Å². The first-order chi connectivity index (χ1) is 29.2. The highest BCUT2D eigenvalue weighted by Crippen LogP contribution is 2.50. The molecule has 0 spiro atoms. The lowest BCUT2D eigenvalue weighted by atomic mass is 10.0. The molecule has 0 aliphatic rings. The summed E-state index contributed by atoms with van der Waals surface area (Å²) < 4.78 is 3.81. The predicted octanol–water partition coefficient (Wildman–Crippen LogP) is 17.1. The molecule has 0 radical (unpaired) electrons. The van der Waals surface area contributed by atoms with Gasteiger partial charge in [-0.1, -0.05) is 146 Å². The van der Waals surface area contributed by atoms with E-state index in [1.807, 2.05) is 34.8 Å². The third-order valence-electron chi connectivity index (χ3n) is 11.0. The van der Waals surface area contributed by atoms with Crippen molar-refractivity contribution in [3.05, 3.63) is 223 Å². The van der Waals surface area contributed by atoms with Crippen LogP contribution in [0.2, 0.25) is 0 Å². The molecule has 0 atom stereocenters. The lowest BCUT2D eigenvalue weighted by molar-refractivity contribution is 1.28. The zero-order valence-electron chi connectivity index (χ0n) is 32.6. The number of thiophene rings is 2. The Kier molecular flexibility index (Phi) is 9.71. The van der Waals surface area contributed by atoms with Crippen LogP contribution in [-0.2, 0) is 0 Å². The van der Waals surface area contributed by atoms with E-state index in [9.17, 15) is 0 Å². The molecule has 0 unspecified atom stereocenters. The van der Waals surface area contributed by atoms with E-state index in [1.54, 1.807) is 0 Å². The second kappa shape index (κ2) is 15.8. The standard InChI is InChI=1S/C55H40N2S2/c1-3-4-28-51-38(2)46-23-15-27-50(55(46)58-51)57(45-34-30-40(31-35-45)39-17-8-5-9-18-39)49-26-16-29-52-53(49)48-25-14-24-47(54(48)59-52)41-32-36-44(37-33-41)56(42-19-10-6-11-20-42)43-21-12-7-13-22-43/h3-37H,1H2,2H3/b28-4-. The molecule has 0 aliphatic carbocycles. The maximum atomic E-state index is 3.93. The zero-order chi connectivity index (χ0) is 39.7. The summed E-state index contributed by atoms with van der Waals surface area (Å²) in [6, 6.07) is 70.2. The van der Waals surface area contributed by atoms with E-state index in [0.717, 1.165) is 28.4 Å². The highest BCUT2D eigenvalue weighted by atomic mass is 32.1. The van der Waals surface area contributed by atoms with Crippen molar-refractivity contribution in [2.75, 3.05) is 9.80 Å². The summed E-state index contributed by atoms with van der Waals surface area (Å²) in [6.07, 6.45) is 6.06. The Hall–Kier alpha value is -6.98. The van der Waals surface area contributed by atoms with Crippen LogP contribution in [-0.4, -0.2) is 0 Å². The molecule has 0 bridgehead atoms. The molecule has 2 aromatic heterocycles. The monoisotopic (exact) mass is 792 g/mol. The summed E-state index contributed by atoms with van der Waals surface area (Å²) in [5.74, 6) is 0. The summed E-state index contributed by atoms with van der Waals surface area (Å²) in [6.45, 7) is 6.16. The van der Waals surface area contributed by atoms with Crippen LogP contribution in [0.5, 0.6) is 0 Å². The molecule has 0 amide bonds. The van der Waals surface area contributed by atoms with Gasteiger partial charge in [0.2, 0.25) is 0 Å². The van der Waals surface area contributed by atoms with Crippen LogP contribution in [0, 0.1) is 6.92 Å². The second-order valence-electron chi connectivity index (χ2n) is 14.6. The highest BCUT2D eigenvalue weighted by molar-refractivity contribution is 7.26. The molecule has 59 heavy (non-hydrogen) atoms. The van der Waals surface area contributed by atoms with Gasteiger partial charge < -0.3 is 9.80 Å². The summed E-state index contributed by atoms with van der Waals surface area (Å²) in [5.41, 5.74) is 12.9. The second-order valence-corrected chi connectivity index (χ2v) is 16.7. The number of rotatable bonds is 10. The molecule has 0 aliphatic heterocycles. The lowest BCUT2D eigenvalue weighted by Crippen LogP contribution is -2.10. The highest BCUT2D eigenvalue weighted by Gasteiger charge is 2.23. The largest absolute Gasteiger partial charge is 0.311 e. The van der Waals surface area contributed by atoms with Crippen LogP contribution in [0.3, 0.4) is 0 Å². The number of fused-ring (bicyclic) bond motifs is 4. The topological polar surface area (TPSA) is 6.48 Å². The Morgan fingerprint density at radius 2 is 0.983 bits per heavy atom. The molecule has 4 heteroatoms.